The van der Waals surface area contributed by atoms with Gasteiger partial charge in [0.2, 0.25) is 0 Å². The summed E-state index contributed by atoms with van der Waals surface area (Å²) < 4.78 is 68.6. The van der Waals surface area contributed by atoms with Crippen LogP contribution >= 0.6 is 15.6 Å². The average Bonchev–Trinajstić information content (AvgIpc) is 0.913. The molecule has 0 rings (SSSR count). The third-order valence-electron chi connectivity index (χ3n) is 16.6. The summed E-state index contributed by atoms with van der Waals surface area (Å²) in [6.07, 6.45) is 85.7. The molecule has 0 aliphatic rings. The first-order valence-corrected chi connectivity index (χ1v) is 43.4. The van der Waals surface area contributed by atoms with Crippen LogP contribution < -0.4 is 0 Å². The van der Waals surface area contributed by atoms with Gasteiger partial charge in [0.05, 0.1) is 26.4 Å². The fraction of sp³-hybridized carbons (Fsp3) is 0.694. The topological polar surface area (TPSA) is 237 Å². The van der Waals surface area contributed by atoms with E-state index in [9.17, 15) is 43.2 Å². The molecule has 0 aromatic heterocycles. The highest BCUT2D eigenvalue weighted by atomic mass is 31.2. The minimum Gasteiger partial charge on any atom is -0.462 e. The maximum Gasteiger partial charge on any atom is 0.472 e. The minimum atomic E-state index is -4.99. The number of carbonyl (C=O) groups excluding carboxylic acids is 4. The Morgan fingerprint density at radius 3 is 0.817 bits per heavy atom. The van der Waals surface area contributed by atoms with E-state index in [-0.39, 0.29) is 25.7 Å². The molecule has 596 valence electrons. The Morgan fingerprint density at radius 1 is 0.279 bits per heavy atom. The van der Waals surface area contributed by atoms with Crippen molar-refractivity contribution in [3.8, 4) is 0 Å². The van der Waals surface area contributed by atoms with E-state index in [1.165, 1.54) is 51.4 Å². The molecule has 0 radical (unpaired) electrons. The quantitative estimate of drug-likeness (QED) is 0.0169. The van der Waals surface area contributed by atoms with E-state index in [1.807, 2.05) is 0 Å². The van der Waals surface area contributed by atoms with Crippen LogP contribution in [-0.2, 0) is 65.4 Å². The van der Waals surface area contributed by atoms with Gasteiger partial charge in [0.25, 0.3) is 0 Å². The van der Waals surface area contributed by atoms with Crippen LogP contribution in [0.1, 0.15) is 323 Å². The van der Waals surface area contributed by atoms with Crippen LogP contribution in [0.25, 0.3) is 0 Å². The van der Waals surface area contributed by atoms with Crippen LogP contribution in [0, 0.1) is 0 Å². The van der Waals surface area contributed by atoms with Gasteiger partial charge in [0, 0.05) is 25.7 Å². The van der Waals surface area contributed by atoms with E-state index in [4.69, 9.17) is 37.0 Å². The number of rotatable bonds is 75. The van der Waals surface area contributed by atoms with E-state index in [0.29, 0.717) is 25.7 Å². The summed E-state index contributed by atoms with van der Waals surface area (Å²) in [5.41, 5.74) is 0. The molecule has 0 saturated carbocycles. The number of ether oxygens (including phenoxy) is 4. The van der Waals surface area contributed by atoms with Gasteiger partial charge in [0.1, 0.15) is 19.3 Å². The molecule has 0 aromatic rings. The highest BCUT2D eigenvalue weighted by molar-refractivity contribution is 7.47. The summed E-state index contributed by atoms with van der Waals surface area (Å²) in [5, 5.41) is 10.6. The van der Waals surface area contributed by atoms with Gasteiger partial charge in [0.15, 0.2) is 12.2 Å². The second-order valence-electron chi connectivity index (χ2n) is 26.6. The first-order valence-electron chi connectivity index (χ1n) is 40.4. The molecule has 0 aromatic carbocycles. The second-order valence-corrected chi connectivity index (χ2v) is 29.5. The Morgan fingerprint density at radius 2 is 0.519 bits per heavy atom. The lowest BCUT2D eigenvalue weighted by atomic mass is 10.0. The zero-order chi connectivity index (χ0) is 76.0. The third kappa shape index (κ3) is 75.4. The number of phosphoric acid groups is 2. The van der Waals surface area contributed by atoms with E-state index in [0.717, 1.165) is 193 Å². The molecule has 0 bridgehead atoms. The highest BCUT2D eigenvalue weighted by Crippen LogP contribution is 2.45. The van der Waals surface area contributed by atoms with Gasteiger partial charge < -0.3 is 33.8 Å². The number of hydrogen-bond acceptors (Lipinski definition) is 15. The van der Waals surface area contributed by atoms with Gasteiger partial charge in [-0.2, -0.15) is 0 Å². The average molecular weight is 1500 g/mol. The summed E-state index contributed by atoms with van der Waals surface area (Å²) in [7, 11) is -9.97. The summed E-state index contributed by atoms with van der Waals surface area (Å²) >= 11 is 0. The van der Waals surface area contributed by atoms with Gasteiger partial charge in [-0.1, -0.05) is 296 Å². The first kappa shape index (κ1) is 99.2. The molecule has 5 atom stereocenters. The molecule has 104 heavy (non-hydrogen) atoms. The van der Waals surface area contributed by atoms with Crippen molar-refractivity contribution < 1.29 is 80.2 Å². The number of unbranched alkanes of at least 4 members (excludes halogenated alkanes) is 27. The normalized spacial score (nSPS) is 14.6. The van der Waals surface area contributed by atoms with Crippen LogP contribution in [0.15, 0.2) is 134 Å². The number of carbonyl (C=O) groups is 4. The Bertz CT molecular complexity index is 2490. The predicted octanol–water partition coefficient (Wildman–Crippen LogP) is 23.7. The van der Waals surface area contributed by atoms with Gasteiger partial charge in [-0.05, 0) is 135 Å². The number of allylic oxidation sites excluding steroid dienone is 22. The molecule has 0 saturated heterocycles. The zero-order valence-electron chi connectivity index (χ0n) is 65.2. The SMILES string of the molecule is CC/C=C\C/C=C\C/C=C\C/C=C\C/C=C\CCCCCC(=O)OCC(COP(=O)(O)OCC(O)COP(=O)(O)OCC(COC(=O)CCCCCCCC/C=C\C/C=C\C/C=C\C/C=C\CC)OC(=O)CCCCCCC/C=C\C/C=C\CCC)OC(=O)CCCCCCCCCCCCCCC. The lowest BCUT2D eigenvalue weighted by Gasteiger charge is -2.21. The highest BCUT2D eigenvalue weighted by Gasteiger charge is 2.30. The maximum absolute atomic E-state index is 13.1. The van der Waals surface area contributed by atoms with E-state index in [1.54, 1.807) is 0 Å². The number of hydrogen-bond donors (Lipinski definition) is 3. The molecule has 5 unspecified atom stereocenters. The van der Waals surface area contributed by atoms with Crippen molar-refractivity contribution in [1.82, 2.24) is 0 Å². The first-order chi connectivity index (χ1) is 50.7. The number of aliphatic hydroxyl groups is 1. The standard InChI is InChI=1S/C85H144O17P2/c1-5-9-13-17-21-25-29-33-35-37-39-41-43-47-49-53-57-61-65-69-82(87)95-75-80(101-84(89)71-67-63-59-55-51-45-31-27-23-19-15-11-7-3)77-99-103(91,92)97-73-79(86)74-98-104(93,94)100-78-81(102-85(90)72-68-64-60-56-52-46-32-28-24-20-16-12-8-4)76-96-83(88)70-66-62-58-54-50-48-44-42-40-38-36-34-30-26-22-18-14-10-6-2/h9-10,13-15,19,21-22,25-27,31,33-36,39-42,48,50,79-81,86H,5-8,11-12,16-18,20,23-24,28-30,32,37-38,43-47,49,51-78H2,1-4H3,(H,91,92)(H,93,94)/b13-9-,14-10-,19-15-,25-21-,26-22-,31-27-,35-33-,36-34-,41-39-,42-40-,50-48-. The van der Waals surface area contributed by atoms with Crippen molar-refractivity contribution >= 4 is 39.5 Å². The van der Waals surface area contributed by atoms with E-state index in [2.05, 4.69) is 161 Å². The third-order valence-corrected chi connectivity index (χ3v) is 18.5. The van der Waals surface area contributed by atoms with Crippen LogP contribution in [-0.4, -0.2) is 96.7 Å². The molecular weight excluding hydrogens is 1350 g/mol. The predicted molar refractivity (Wildman–Crippen MR) is 427 cm³/mol. The fourth-order valence-corrected chi connectivity index (χ4v) is 12.1. The molecule has 0 aliphatic heterocycles. The molecule has 19 heteroatoms. The van der Waals surface area contributed by atoms with E-state index >= 15 is 0 Å². The van der Waals surface area contributed by atoms with Crippen molar-refractivity contribution in [2.24, 2.45) is 0 Å². The van der Waals surface area contributed by atoms with Crippen molar-refractivity contribution in [2.75, 3.05) is 39.6 Å². The lowest BCUT2D eigenvalue weighted by Crippen LogP contribution is -2.30. The Kier molecular flexibility index (Phi) is 72.9. The fourth-order valence-electron chi connectivity index (χ4n) is 10.5. The number of phosphoric ester groups is 2. The van der Waals surface area contributed by atoms with Gasteiger partial charge in [-0.25, -0.2) is 9.13 Å². The number of esters is 4. The lowest BCUT2D eigenvalue weighted by molar-refractivity contribution is -0.161. The Balaban J connectivity index is 5.37. The molecule has 0 aliphatic carbocycles. The molecular formula is C85H144O17P2. The molecule has 0 fully saturated rings. The number of aliphatic hydroxyl groups excluding tert-OH is 1. The van der Waals surface area contributed by atoms with Crippen LogP contribution in [0.5, 0.6) is 0 Å². The van der Waals surface area contributed by atoms with Gasteiger partial charge >= 0.3 is 39.5 Å². The van der Waals surface area contributed by atoms with E-state index < -0.39 is 97.5 Å². The summed E-state index contributed by atoms with van der Waals surface area (Å²) in [4.78, 5) is 73.0. The van der Waals surface area contributed by atoms with Crippen LogP contribution in [0.3, 0.4) is 0 Å². The van der Waals surface area contributed by atoms with Crippen molar-refractivity contribution in [1.29, 1.82) is 0 Å². The van der Waals surface area contributed by atoms with Gasteiger partial charge in [-0.3, -0.25) is 37.3 Å². The molecule has 17 nitrogen and oxygen atoms in total. The Labute approximate surface area is 631 Å². The van der Waals surface area contributed by atoms with Crippen molar-refractivity contribution in [3.63, 3.8) is 0 Å². The monoisotopic (exact) mass is 1500 g/mol. The summed E-state index contributed by atoms with van der Waals surface area (Å²) in [5.74, 6) is -2.23. The zero-order valence-corrected chi connectivity index (χ0v) is 66.9. The Hall–Kier alpha value is -4.80. The van der Waals surface area contributed by atoms with Crippen LogP contribution in [0.4, 0.5) is 0 Å². The largest absolute Gasteiger partial charge is 0.472 e. The van der Waals surface area contributed by atoms with Crippen molar-refractivity contribution in [3.05, 3.63) is 134 Å². The minimum absolute atomic E-state index is 0.0723. The van der Waals surface area contributed by atoms with Gasteiger partial charge in [-0.15, -0.1) is 0 Å². The molecule has 0 heterocycles. The van der Waals surface area contributed by atoms with Crippen LogP contribution in [0.2, 0.25) is 0 Å². The second kappa shape index (κ2) is 76.4. The molecule has 3 N–H and O–H groups in total. The molecule has 0 spiro atoms. The smallest absolute Gasteiger partial charge is 0.462 e. The summed E-state index contributed by atoms with van der Waals surface area (Å²) in [6.45, 7) is 4.53. The van der Waals surface area contributed by atoms with Crippen molar-refractivity contribution in [2.45, 2.75) is 341 Å². The summed E-state index contributed by atoms with van der Waals surface area (Å²) in [6, 6.07) is 0. The molecule has 0 amide bonds. The maximum atomic E-state index is 13.1.